The van der Waals surface area contributed by atoms with Crippen molar-refractivity contribution in [1.82, 2.24) is 0 Å². The molecular formula is C13H10BrClFN. The van der Waals surface area contributed by atoms with Gasteiger partial charge in [0.25, 0.3) is 0 Å². The van der Waals surface area contributed by atoms with Crippen LogP contribution in [0.4, 0.5) is 4.39 Å². The first-order chi connectivity index (χ1) is 8.09. The van der Waals surface area contributed by atoms with Gasteiger partial charge in [0, 0.05) is 4.47 Å². The molecule has 2 N–H and O–H groups in total. The Morgan fingerprint density at radius 3 is 2.59 bits per heavy atom. The van der Waals surface area contributed by atoms with E-state index >= 15 is 0 Å². The number of hydrogen-bond donors (Lipinski definition) is 1. The molecule has 0 fully saturated rings. The van der Waals surface area contributed by atoms with E-state index < -0.39 is 6.04 Å². The Hall–Kier alpha value is -0.900. The maximum atomic E-state index is 13.1. The van der Waals surface area contributed by atoms with Crippen LogP contribution in [0.3, 0.4) is 0 Å². The van der Waals surface area contributed by atoms with Crippen LogP contribution in [0, 0.1) is 5.82 Å². The van der Waals surface area contributed by atoms with Gasteiger partial charge in [-0.2, -0.15) is 0 Å². The summed E-state index contributed by atoms with van der Waals surface area (Å²) in [5, 5.41) is 0.560. The van der Waals surface area contributed by atoms with Gasteiger partial charge in [0.1, 0.15) is 5.82 Å². The van der Waals surface area contributed by atoms with E-state index in [1.165, 1.54) is 12.1 Å². The van der Waals surface area contributed by atoms with E-state index in [1.54, 1.807) is 12.1 Å². The number of halogens is 3. The second-order valence-electron chi connectivity index (χ2n) is 3.68. The van der Waals surface area contributed by atoms with Crippen molar-refractivity contribution in [2.45, 2.75) is 6.04 Å². The molecule has 1 nitrogen and oxygen atoms in total. The fraction of sp³-hybridized carbons (Fsp3) is 0.0769. The van der Waals surface area contributed by atoms with Gasteiger partial charge in [0.2, 0.25) is 0 Å². The Morgan fingerprint density at radius 2 is 1.88 bits per heavy atom. The minimum atomic E-state index is -0.435. The van der Waals surface area contributed by atoms with E-state index in [2.05, 4.69) is 15.9 Å². The summed E-state index contributed by atoms with van der Waals surface area (Å²) < 4.78 is 13.9. The standard InChI is InChI=1S/C13H10BrClFN/c14-11-6-2-5-10(12(11)15)13(17)8-3-1-4-9(16)7-8/h1-7,13H,17H2. The van der Waals surface area contributed by atoms with Gasteiger partial charge in [-0.15, -0.1) is 0 Å². The Balaban J connectivity index is 2.44. The third-order valence-corrected chi connectivity index (χ3v) is 3.84. The fourth-order valence-corrected chi connectivity index (χ4v) is 2.27. The summed E-state index contributed by atoms with van der Waals surface area (Å²) >= 11 is 9.50. The second kappa shape index (κ2) is 5.17. The molecule has 0 saturated carbocycles. The van der Waals surface area contributed by atoms with Crippen LogP contribution in [0.2, 0.25) is 5.02 Å². The summed E-state index contributed by atoms with van der Waals surface area (Å²) in [6.45, 7) is 0. The highest BCUT2D eigenvalue weighted by atomic mass is 79.9. The van der Waals surface area contributed by atoms with Crippen molar-refractivity contribution in [2.75, 3.05) is 0 Å². The van der Waals surface area contributed by atoms with Gasteiger partial charge in [-0.25, -0.2) is 4.39 Å². The van der Waals surface area contributed by atoms with E-state index in [0.29, 0.717) is 10.6 Å². The highest BCUT2D eigenvalue weighted by Crippen LogP contribution is 2.32. The highest BCUT2D eigenvalue weighted by molar-refractivity contribution is 9.10. The van der Waals surface area contributed by atoms with Gasteiger partial charge in [0.15, 0.2) is 0 Å². The number of benzene rings is 2. The Bertz CT molecular complexity index is 545. The van der Waals surface area contributed by atoms with Crippen LogP contribution in [0.1, 0.15) is 17.2 Å². The third-order valence-electron chi connectivity index (χ3n) is 2.52. The zero-order valence-electron chi connectivity index (χ0n) is 8.83. The molecule has 0 aliphatic heterocycles. The van der Waals surface area contributed by atoms with Crippen molar-refractivity contribution < 1.29 is 4.39 Å². The first-order valence-electron chi connectivity index (χ1n) is 5.04. The molecule has 0 aliphatic rings. The molecule has 0 aliphatic carbocycles. The molecule has 0 aromatic heterocycles. The van der Waals surface area contributed by atoms with Crippen LogP contribution >= 0.6 is 27.5 Å². The lowest BCUT2D eigenvalue weighted by molar-refractivity contribution is 0.623. The van der Waals surface area contributed by atoms with Crippen LogP contribution in [-0.2, 0) is 0 Å². The number of hydrogen-bond acceptors (Lipinski definition) is 1. The molecule has 0 spiro atoms. The maximum Gasteiger partial charge on any atom is 0.123 e. The summed E-state index contributed by atoms with van der Waals surface area (Å²) in [7, 11) is 0. The van der Waals surface area contributed by atoms with E-state index in [1.807, 2.05) is 18.2 Å². The summed E-state index contributed by atoms with van der Waals surface area (Å²) in [4.78, 5) is 0. The molecule has 1 unspecified atom stereocenters. The second-order valence-corrected chi connectivity index (χ2v) is 4.91. The molecule has 0 heterocycles. The van der Waals surface area contributed by atoms with Crippen molar-refractivity contribution in [3.8, 4) is 0 Å². The van der Waals surface area contributed by atoms with Gasteiger partial charge in [0.05, 0.1) is 11.1 Å². The van der Waals surface area contributed by atoms with E-state index in [0.717, 1.165) is 10.0 Å². The lowest BCUT2D eigenvalue weighted by Crippen LogP contribution is -2.12. The summed E-state index contributed by atoms with van der Waals surface area (Å²) in [6.07, 6.45) is 0. The summed E-state index contributed by atoms with van der Waals surface area (Å²) in [5.41, 5.74) is 7.55. The van der Waals surface area contributed by atoms with E-state index in [9.17, 15) is 4.39 Å². The van der Waals surface area contributed by atoms with Crippen LogP contribution < -0.4 is 5.73 Å². The summed E-state index contributed by atoms with van der Waals surface area (Å²) in [6, 6.07) is 11.3. The lowest BCUT2D eigenvalue weighted by Gasteiger charge is -2.15. The molecule has 0 bridgehead atoms. The molecule has 2 aromatic rings. The number of rotatable bonds is 2. The molecule has 2 aromatic carbocycles. The van der Waals surface area contributed by atoms with E-state index in [-0.39, 0.29) is 5.82 Å². The van der Waals surface area contributed by atoms with Crippen molar-refractivity contribution in [2.24, 2.45) is 5.73 Å². The average Bonchev–Trinajstić information content (AvgIpc) is 2.32. The Morgan fingerprint density at radius 1 is 1.18 bits per heavy atom. The first-order valence-corrected chi connectivity index (χ1v) is 6.21. The maximum absolute atomic E-state index is 13.1. The van der Waals surface area contributed by atoms with E-state index in [4.69, 9.17) is 17.3 Å². The van der Waals surface area contributed by atoms with Crippen LogP contribution in [0.15, 0.2) is 46.9 Å². The van der Waals surface area contributed by atoms with Crippen molar-refractivity contribution in [1.29, 1.82) is 0 Å². The summed E-state index contributed by atoms with van der Waals surface area (Å²) in [5.74, 6) is -0.302. The Kier molecular flexibility index (Phi) is 3.82. The Labute approximate surface area is 113 Å². The molecule has 2 rings (SSSR count). The van der Waals surface area contributed by atoms with Gasteiger partial charge < -0.3 is 5.73 Å². The van der Waals surface area contributed by atoms with Gasteiger partial charge >= 0.3 is 0 Å². The van der Waals surface area contributed by atoms with Gasteiger partial charge in [-0.1, -0.05) is 35.9 Å². The third kappa shape index (κ3) is 2.68. The SMILES string of the molecule is NC(c1cccc(F)c1)c1cccc(Br)c1Cl. The fourth-order valence-electron chi connectivity index (χ4n) is 1.64. The number of nitrogens with two attached hydrogens (primary N) is 1. The lowest BCUT2D eigenvalue weighted by atomic mass is 9.99. The molecular weight excluding hydrogens is 305 g/mol. The highest BCUT2D eigenvalue weighted by Gasteiger charge is 2.14. The van der Waals surface area contributed by atoms with Crippen LogP contribution in [0.5, 0.6) is 0 Å². The van der Waals surface area contributed by atoms with Gasteiger partial charge in [-0.05, 0) is 45.3 Å². The van der Waals surface area contributed by atoms with Crippen molar-refractivity contribution in [3.63, 3.8) is 0 Å². The minimum absolute atomic E-state index is 0.302. The zero-order chi connectivity index (χ0) is 12.4. The average molecular weight is 315 g/mol. The first kappa shape index (κ1) is 12.6. The monoisotopic (exact) mass is 313 g/mol. The molecule has 17 heavy (non-hydrogen) atoms. The van der Waals surface area contributed by atoms with Crippen molar-refractivity contribution in [3.05, 3.63) is 68.9 Å². The van der Waals surface area contributed by atoms with Crippen LogP contribution in [-0.4, -0.2) is 0 Å². The molecule has 88 valence electrons. The minimum Gasteiger partial charge on any atom is -0.320 e. The molecule has 1 atom stereocenters. The zero-order valence-corrected chi connectivity index (χ0v) is 11.2. The topological polar surface area (TPSA) is 26.0 Å². The largest absolute Gasteiger partial charge is 0.320 e. The quantitative estimate of drug-likeness (QED) is 0.879. The smallest absolute Gasteiger partial charge is 0.123 e. The predicted octanol–water partition coefficient (Wildman–Crippen LogP) is 4.29. The van der Waals surface area contributed by atoms with Gasteiger partial charge in [-0.3, -0.25) is 0 Å². The molecule has 0 saturated heterocycles. The molecule has 0 amide bonds. The predicted molar refractivity (Wildman–Crippen MR) is 71.6 cm³/mol. The molecule has 0 radical (unpaired) electrons. The normalized spacial score (nSPS) is 12.5. The van der Waals surface area contributed by atoms with Crippen molar-refractivity contribution >= 4 is 27.5 Å². The molecule has 4 heteroatoms. The van der Waals surface area contributed by atoms with Crippen LogP contribution in [0.25, 0.3) is 0 Å².